The van der Waals surface area contributed by atoms with Gasteiger partial charge >= 0.3 is 5.97 Å². The van der Waals surface area contributed by atoms with Gasteiger partial charge in [-0.15, -0.1) is 5.10 Å². The second-order valence-corrected chi connectivity index (χ2v) is 7.88. The van der Waals surface area contributed by atoms with Crippen LogP contribution in [0.5, 0.6) is 5.75 Å². The molecule has 9 heteroatoms. The molecule has 1 aliphatic heterocycles. The molecule has 3 aromatic rings. The van der Waals surface area contributed by atoms with E-state index in [-0.39, 0.29) is 24.1 Å². The monoisotopic (exact) mass is 438 g/mol. The third-order valence-corrected chi connectivity index (χ3v) is 6.10. The first-order valence-corrected chi connectivity index (χ1v) is 10.9. The summed E-state index contributed by atoms with van der Waals surface area (Å²) in [5.74, 6) is 0.0695. The van der Waals surface area contributed by atoms with E-state index in [1.165, 1.54) is 16.6 Å². The predicted molar refractivity (Wildman–Crippen MR) is 116 cm³/mol. The standard InChI is InChI=1S/C22H22N4O4S/c1-3-29-16-12-10-15(11-13-16)19(27)20-17(14-8-6-5-7-9-14)24-26-21(31-20)18(23-25-26)22(28)30-4-2/h5-13,17,20,24H,3-4H2,1-2H3/t17-,20+/m1/s1. The topological polar surface area (TPSA) is 95.3 Å². The SMILES string of the molecule is CCOC(=O)c1nnn2c1S[C@H](C(=O)c1ccc(OCC)cc1)[C@@H](c1ccccc1)N2. The lowest BCUT2D eigenvalue weighted by molar-refractivity contribution is 0.0514. The van der Waals surface area contributed by atoms with Crippen LogP contribution < -0.4 is 10.2 Å². The molecular formula is C22H22N4O4S. The molecule has 0 aliphatic carbocycles. The fourth-order valence-electron chi connectivity index (χ4n) is 3.34. The van der Waals surface area contributed by atoms with Crippen LogP contribution in [0.15, 0.2) is 59.6 Å². The quantitative estimate of drug-likeness (QED) is 0.442. The molecule has 8 nitrogen and oxygen atoms in total. The number of nitrogens with one attached hydrogen (secondary N) is 1. The van der Waals surface area contributed by atoms with Crippen molar-refractivity contribution in [2.24, 2.45) is 0 Å². The minimum atomic E-state index is -0.566. The van der Waals surface area contributed by atoms with Crippen molar-refractivity contribution in [2.75, 3.05) is 18.6 Å². The Morgan fingerprint density at radius 1 is 1.06 bits per heavy atom. The lowest BCUT2D eigenvalue weighted by Crippen LogP contribution is -2.39. The van der Waals surface area contributed by atoms with E-state index < -0.39 is 11.2 Å². The molecule has 0 saturated carbocycles. The zero-order valence-electron chi connectivity index (χ0n) is 17.1. The molecule has 0 fully saturated rings. The van der Waals surface area contributed by atoms with Crippen molar-refractivity contribution in [3.8, 4) is 5.75 Å². The highest BCUT2D eigenvalue weighted by Crippen LogP contribution is 2.40. The molecule has 1 aromatic heterocycles. The molecule has 0 bridgehead atoms. The number of rotatable bonds is 7. The van der Waals surface area contributed by atoms with Crippen LogP contribution in [0.2, 0.25) is 0 Å². The molecule has 0 radical (unpaired) electrons. The number of Topliss-reactive ketones (excluding diaryl/α,β-unsaturated/α-hetero) is 1. The second kappa shape index (κ2) is 9.22. The van der Waals surface area contributed by atoms with Gasteiger partial charge in [0, 0.05) is 5.56 Å². The fourth-order valence-corrected chi connectivity index (χ4v) is 4.60. The number of hydrogen-bond acceptors (Lipinski definition) is 8. The molecule has 2 heterocycles. The Bertz CT molecular complexity index is 1070. The van der Waals surface area contributed by atoms with Crippen molar-refractivity contribution in [3.63, 3.8) is 0 Å². The summed E-state index contributed by atoms with van der Waals surface area (Å²) in [6.07, 6.45) is 0. The van der Waals surface area contributed by atoms with Crippen LogP contribution in [0.25, 0.3) is 0 Å². The van der Waals surface area contributed by atoms with Gasteiger partial charge in [0.15, 0.2) is 10.8 Å². The number of benzene rings is 2. The number of fused-ring (bicyclic) bond motifs is 1. The van der Waals surface area contributed by atoms with E-state index in [2.05, 4.69) is 15.7 Å². The molecule has 0 unspecified atom stereocenters. The Labute approximate surface area is 183 Å². The lowest BCUT2D eigenvalue weighted by Gasteiger charge is -2.32. The van der Waals surface area contributed by atoms with Gasteiger partial charge in [0.2, 0.25) is 5.69 Å². The van der Waals surface area contributed by atoms with Gasteiger partial charge in [0.25, 0.3) is 0 Å². The number of carbonyl (C=O) groups is 2. The van der Waals surface area contributed by atoms with Gasteiger partial charge < -0.3 is 9.47 Å². The van der Waals surface area contributed by atoms with Crippen LogP contribution in [-0.4, -0.2) is 45.3 Å². The third-order valence-electron chi connectivity index (χ3n) is 4.77. The average Bonchev–Trinajstić information content (AvgIpc) is 3.22. The summed E-state index contributed by atoms with van der Waals surface area (Å²) in [5.41, 5.74) is 4.81. The van der Waals surface area contributed by atoms with Crippen molar-refractivity contribution >= 4 is 23.5 Å². The number of hydrogen-bond donors (Lipinski definition) is 1. The predicted octanol–water partition coefficient (Wildman–Crippen LogP) is 3.50. The van der Waals surface area contributed by atoms with Crippen LogP contribution in [0, 0.1) is 0 Å². The van der Waals surface area contributed by atoms with Crippen LogP contribution >= 0.6 is 11.8 Å². The Hall–Kier alpha value is -3.33. The number of ether oxygens (including phenoxy) is 2. The highest BCUT2D eigenvalue weighted by atomic mass is 32.2. The van der Waals surface area contributed by atoms with E-state index in [1.807, 2.05) is 37.3 Å². The maximum absolute atomic E-state index is 13.5. The van der Waals surface area contributed by atoms with E-state index in [1.54, 1.807) is 31.2 Å². The number of carbonyl (C=O) groups excluding carboxylic acids is 2. The molecule has 0 amide bonds. The van der Waals surface area contributed by atoms with Gasteiger partial charge in [-0.1, -0.05) is 42.1 Å². The summed E-state index contributed by atoms with van der Waals surface area (Å²) in [6, 6.07) is 16.4. The molecule has 0 saturated heterocycles. The van der Waals surface area contributed by atoms with Gasteiger partial charge in [0.05, 0.1) is 19.3 Å². The highest BCUT2D eigenvalue weighted by molar-refractivity contribution is 8.00. The summed E-state index contributed by atoms with van der Waals surface area (Å²) in [5, 5.41) is 7.92. The largest absolute Gasteiger partial charge is 0.494 e. The number of thioether (sulfide) groups is 1. The van der Waals surface area contributed by atoms with Crippen molar-refractivity contribution in [3.05, 3.63) is 71.4 Å². The molecule has 2 aromatic carbocycles. The van der Waals surface area contributed by atoms with Crippen molar-refractivity contribution in [2.45, 2.75) is 30.2 Å². The first kappa shape index (κ1) is 20.9. The Balaban J connectivity index is 1.70. The van der Waals surface area contributed by atoms with Gasteiger partial charge in [-0.3, -0.25) is 10.2 Å². The van der Waals surface area contributed by atoms with E-state index >= 15 is 0 Å². The number of nitrogens with zero attached hydrogens (tertiary/aromatic N) is 3. The van der Waals surface area contributed by atoms with Gasteiger partial charge in [0.1, 0.15) is 11.0 Å². The smallest absolute Gasteiger partial charge is 0.361 e. The molecule has 31 heavy (non-hydrogen) atoms. The van der Waals surface area contributed by atoms with E-state index in [4.69, 9.17) is 9.47 Å². The molecule has 2 atom stereocenters. The van der Waals surface area contributed by atoms with Gasteiger partial charge in [-0.25, -0.2) is 4.79 Å². The van der Waals surface area contributed by atoms with E-state index in [0.29, 0.717) is 22.9 Å². The molecular weight excluding hydrogens is 416 g/mol. The molecule has 1 aliphatic rings. The number of ketones is 1. The first-order valence-electron chi connectivity index (χ1n) is 10.0. The fraction of sp³-hybridized carbons (Fsp3) is 0.273. The molecule has 1 N–H and O–H groups in total. The van der Waals surface area contributed by atoms with Crippen LogP contribution in [0.4, 0.5) is 0 Å². The second-order valence-electron chi connectivity index (χ2n) is 6.75. The first-order chi connectivity index (χ1) is 15.1. The summed E-state index contributed by atoms with van der Waals surface area (Å²) >= 11 is 1.26. The summed E-state index contributed by atoms with van der Waals surface area (Å²) in [7, 11) is 0. The maximum Gasteiger partial charge on any atom is 0.361 e. The Kier molecular flexibility index (Phi) is 6.22. The highest BCUT2D eigenvalue weighted by Gasteiger charge is 2.39. The Morgan fingerprint density at radius 3 is 2.48 bits per heavy atom. The van der Waals surface area contributed by atoms with Crippen LogP contribution in [0.3, 0.4) is 0 Å². The van der Waals surface area contributed by atoms with E-state index in [9.17, 15) is 9.59 Å². The summed E-state index contributed by atoms with van der Waals surface area (Å²) in [4.78, 5) is 27.3. The maximum atomic E-state index is 13.5. The average molecular weight is 439 g/mol. The minimum absolute atomic E-state index is 0.0725. The third kappa shape index (κ3) is 4.27. The molecule has 0 spiro atoms. The van der Waals surface area contributed by atoms with Crippen molar-refractivity contribution in [1.29, 1.82) is 0 Å². The van der Waals surface area contributed by atoms with Gasteiger partial charge in [-0.2, -0.15) is 4.79 Å². The van der Waals surface area contributed by atoms with Gasteiger partial charge in [-0.05, 0) is 48.9 Å². The summed E-state index contributed by atoms with van der Waals surface area (Å²) < 4.78 is 10.6. The van der Waals surface area contributed by atoms with Crippen LogP contribution in [-0.2, 0) is 4.74 Å². The number of aromatic nitrogens is 3. The Morgan fingerprint density at radius 2 is 1.81 bits per heavy atom. The van der Waals surface area contributed by atoms with Crippen LogP contribution in [0.1, 0.15) is 46.3 Å². The zero-order valence-corrected chi connectivity index (χ0v) is 18.0. The van der Waals surface area contributed by atoms with Crippen molar-refractivity contribution < 1.29 is 19.1 Å². The molecule has 160 valence electrons. The summed E-state index contributed by atoms with van der Waals surface area (Å²) in [6.45, 7) is 4.42. The molecule has 4 rings (SSSR count). The lowest BCUT2D eigenvalue weighted by atomic mass is 9.97. The minimum Gasteiger partial charge on any atom is -0.494 e. The van der Waals surface area contributed by atoms with E-state index in [0.717, 1.165) is 5.56 Å². The zero-order chi connectivity index (χ0) is 21.8. The normalized spacial score (nSPS) is 17.4. The number of esters is 1. The van der Waals surface area contributed by atoms with Crippen molar-refractivity contribution in [1.82, 2.24) is 15.1 Å².